The molecule has 0 saturated heterocycles. The number of methoxy groups -OCH3 is 2. The van der Waals surface area contributed by atoms with Crippen LogP contribution in [0.2, 0.25) is 0 Å². The minimum Gasteiger partial charge on any atom is -0.480 e. The molecule has 0 spiro atoms. The summed E-state index contributed by atoms with van der Waals surface area (Å²) in [5.41, 5.74) is 0.956. The lowest BCUT2D eigenvalue weighted by Crippen LogP contribution is -2.18. The van der Waals surface area contributed by atoms with Crippen molar-refractivity contribution in [2.45, 2.75) is 0 Å². The van der Waals surface area contributed by atoms with E-state index in [9.17, 15) is 4.79 Å². The molecule has 0 aliphatic carbocycles. The van der Waals surface area contributed by atoms with Crippen LogP contribution < -0.4 is 15.0 Å². The van der Waals surface area contributed by atoms with Crippen LogP contribution >= 0.6 is 0 Å². The van der Waals surface area contributed by atoms with Gasteiger partial charge in [-0.3, -0.25) is 4.79 Å². The Morgan fingerprint density at radius 1 is 1.22 bits per heavy atom. The lowest BCUT2D eigenvalue weighted by Gasteiger charge is -2.08. The van der Waals surface area contributed by atoms with E-state index in [1.807, 2.05) is 0 Å². The van der Waals surface area contributed by atoms with Crippen molar-refractivity contribution in [3.8, 4) is 23.1 Å². The largest absolute Gasteiger partial charge is 0.480 e. The van der Waals surface area contributed by atoms with Gasteiger partial charge in [0.2, 0.25) is 5.88 Å². The van der Waals surface area contributed by atoms with E-state index in [1.54, 1.807) is 13.1 Å². The van der Waals surface area contributed by atoms with Crippen molar-refractivity contribution in [2.24, 2.45) is 7.05 Å². The highest BCUT2D eigenvalue weighted by molar-refractivity contribution is 5.63. The summed E-state index contributed by atoms with van der Waals surface area (Å²) in [6.45, 7) is 0. The zero-order valence-electron chi connectivity index (χ0n) is 10.2. The zero-order chi connectivity index (χ0) is 13.1. The maximum absolute atomic E-state index is 11.3. The quantitative estimate of drug-likeness (QED) is 0.775. The first-order chi connectivity index (χ1) is 8.65. The summed E-state index contributed by atoms with van der Waals surface area (Å²) in [4.78, 5) is 19.3. The van der Waals surface area contributed by atoms with Gasteiger partial charge in [-0.05, 0) is 6.07 Å². The fraction of sp³-hybridized carbons (Fsp3) is 0.273. The van der Waals surface area contributed by atoms with E-state index in [2.05, 4.69) is 15.1 Å². The third-order valence-corrected chi connectivity index (χ3v) is 2.34. The zero-order valence-corrected chi connectivity index (χ0v) is 10.2. The highest BCUT2D eigenvalue weighted by Gasteiger charge is 2.12. The van der Waals surface area contributed by atoms with Crippen molar-refractivity contribution < 1.29 is 9.47 Å². The molecule has 0 unspecified atom stereocenters. The summed E-state index contributed by atoms with van der Waals surface area (Å²) < 4.78 is 11.3. The van der Waals surface area contributed by atoms with Crippen LogP contribution in [0.25, 0.3) is 11.3 Å². The third-order valence-electron chi connectivity index (χ3n) is 2.34. The molecule has 94 valence electrons. The molecule has 7 heteroatoms. The molecule has 0 fully saturated rings. The van der Waals surface area contributed by atoms with Crippen molar-refractivity contribution in [1.29, 1.82) is 0 Å². The van der Waals surface area contributed by atoms with E-state index in [1.165, 1.54) is 31.2 Å². The van der Waals surface area contributed by atoms with Crippen molar-refractivity contribution in [2.75, 3.05) is 14.2 Å². The Balaban J connectivity index is 2.55. The molecular formula is C11H12N4O3. The standard InChI is InChI=1S/C11H12N4O3/c1-15-9(16)5-4-8(14-15)7-6-12-11(18-3)13-10(7)17-2/h4-6H,1-3H3. The van der Waals surface area contributed by atoms with Crippen molar-refractivity contribution in [3.05, 3.63) is 28.7 Å². The average Bonchev–Trinajstić information content (AvgIpc) is 2.41. The molecule has 0 atom stereocenters. The molecule has 0 aliphatic rings. The van der Waals surface area contributed by atoms with E-state index >= 15 is 0 Å². The number of rotatable bonds is 3. The summed E-state index contributed by atoms with van der Waals surface area (Å²) in [5, 5.41) is 4.11. The van der Waals surface area contributed by atoms with E-state index in [0.29, 0.717) is 17.1 Å². The molecule has 2 rings (SSSR count). The Morgan fingerprint density at radius 2 is 2.00 bits per heavy atom. The number of ether oxygens (including phenoxy) is 2. The summed E-state index contributed by atoms with van der Waals surface area (Å²) in [6.07, 6.45) is 1.54. The number of aryl methyl sites for hydroxylation is 1. The fourth-order valence-electron chi connectivity index (χ4n) is 1.43. The second-order valence-corrected chi connectivity index (χ2v) is 3.46. The molecule has 2 aromatic heterocycles. The lowest BCUT2D eigenvalue weighted by molar-refractivity contribution is 0.353. The van der Waals surface area contributed by atoms with Gasteiger partial charge in [-0.2, -0.15) is 10.1 Å². The molecular weight excluding hydrogens is 236 g/mol. The normalized spacial score (nSPS) is 10.2. The fourth-order valence-corrected chi connectivity index (χ4v) is 1.43. The summed E-state index contributed by atoms with van der Waals surface area (Å²) >= 11 is 0. The predicted molar refractivity (Wildman–Crippen MR) is 63.6 cm³/mol. The monoisotopic (exact) mass is 248 g/mol. The third kappa shape index (κ3) is 2.15. The minimum atomic E-state index is -0.188. The van der Waals surface area contributed by atoms with E-state index < -0.39 is 0 Å². The Hall–Kier alpha value is -2.44. The minimum absolute atomic E-state index is 0.188. The predicted octanol–water partition coefficient (Wildman–Crippen LogP) is 0.254. The molecule has 7 nitrogen and oxygen atoms in total. The van der Waals surface area contributed by atoms with Crippen LogP contribution in [0.1, 0.15) is 0 Å². The molecule has 0 aromatic carbocycles. The van der Waals surface area contributed by atoms with Crippen LogP contribution in [0.4, 0.5) is 0 Å². The number of aromatic nitrogens is 4. The highest BCUT2D eigenvalue weighted by Crippen LogP contribution is 2.26. The average molecular weight is 248 g/mol. The first-order valence-corrected chi connectivity index (χ1v) is 5.15. The van der Waals surface area contributed by atoms with Crippen molar-refractivity contribution >= 4 is 0 Å². The van der Waals surface area contributed by atoms with E-state index in [-0.39, 0.29) is 11.6 Å². The van der Waals surface area contributed by atoms with Gasteiger partial charge in [0.1, 0.15) is 0 Å². The van der Waals surface area contributed by atoms with E-state index in [0.717, 1.165) is 0 Å². The van der Waals surface area contributed by atoms with Gasteiger partial charge in [-0.1, -0.05) is 0 Å². The first-order valence-electron chi connectivity index (χ1n) is 5.15. The smallest absolute Gasteiger partial charge is 0.319 e. The maximum atomic E-state index is 11.3. The molecule has 0 aliphatic heterocycles. The van der Waals surface area contributed by atoms with Crippen LogP contribution in [0.15, 0.2) is 23.1 Å². The summed E-state index contributed by atoms with van der Waals surface area (Å²) in [7, 11) is 4.54. The van der Waals surface area contributed by atoms with E-state index in [4.69, 9.17) is 9.47 Å². The molecule has 18 heavy (non-hydrogen) atoms. The molecule has 0 N–H and O–H groups in total. The molecule has 0 bridgehead atoms. The van der Waals surface area contributed by atoms with Gasteiger partial charge in [-0.15, -0.1) is 0 Å². The second kappa shape index (κ2) is 4.82. The van der Waals surface area contributed by atoms with Gasteiger partial charge in [0, 0.05) is 19.3 Å². The van der Waals surface area contributed by atoms with Gasteiger partial charge in [0.05, 0.1) is 25.5 Å². The summed E-state index contributed by atoms with van der Waals surface area (Å²) in [5.74, 6) is 0.341. The second-order valence-electron chi connectivity index (χ2n) is 3.46. The SMILES string of the molecule is COc1ncc(-c2ccc(=O)n(C)n2)c(OC)n1. The Kier molecular flexibility index (Phi) is 3.22. The van der Waals surface area contributed by atoms with Gasteiger partial charge in [0.25, 0.3) is 5.56 Å². The molecule has 2 heterocycles. The topological polar surface area (TPSA) is 79.1 Å². The van der Waals surface area contributed by atoms with Crippen LogP contribution in [0, 0.1) is 0 Å². The Labute approximate surface area is 103 Å². The van der Waals surface area contributed by atoms with Gasteiger partial charge in [0.15, 0.2) is 0 Å². The van der Waals surface area contributed by atoms with Crippen LogP contribution in [0.3, 0.4) is 0 Å². The van der Waals surface area contributed by atoms with Gasteiger partial charge in [-0.25, -0.2) is 9.67 Å². The molecule has 0 saturated carbocycles. The van der Waals surface area contributed by atoms with Crippen LogP contribution in [-0.4, -0.2) is 34.0 Å². The Bertz CT molecular complexity index is 624. The van der Waals surface area contributed by atoms with Crippen molar-refractivity contribution in [3.63, 3.8) is 0 Å². The lowest BCUT2D eigenvalue weighted by atomic mass is 10.2. The number of hydrogen-bond acceptors (Lipinski definition) is 6. The highest BCUT2D eigenvalue weighted by atomic mass is 16.5. The number of hydrogen-bond donors (Lipinski definition) is 0. The molecule has 2 aromatic rings. The van der Waals surface area contributed by atoms with Gasteiger partial charge >= 0.3 is 6.01 Å². The van der Waals surface area contributed by atoms with Gasteiger partial charge < -0.3 is 9.47 Å². The number of nitrogens with zero attached hydrogens (tertiary/aromatic N) is 4. The van der Waals surface area contributed by atoms with Crippen LogP contribution in [0.5, 0.6) is 11.9 Å². The molecule has 0 amide bonds. The molecule has 0 radical (unpaired) electrons. The maximum Gasteiger partial charge on any atom is 0.319 e. The first kappa shape index (κ1) is 12.0. The summed E-state index contributed by atoms with van der Waals surface area (Å²) in [6, 6.07) is 3.22. The Morgan fingerprint density at radius 3 is 2.61 bits per heavy atom. The van der Waals surface area contributed by atoms with Crippen LogP contribution in [-0.2, 0) is 7.05 Å². The van der Waals surface area contributed by atoms with Crippen molar-refractivity contribution in [1.82, 2.24) is 19.7 Å².